The van der Waals surface area contributed by atoms with Crippen LogP contribution in [0.15, 0.2) is 65.1 Å². The Bertz CT molecular complexity index is 665. The molecular weight excluding hydrogens is 240 g/mol. The lowest BCUT2D eigenvalue weighted by molar-refractivity contribution is 0.0447. The Balaban J connectivity index is 1.71. The van der Waals surface area contributed by atoms with Gasteiger partial charge in [0.25, 0.3) is 0 Å². The molecule has 3 rings (SSSR count). The Morgan fingerprint density at radius 2 is 1.74 bits per heavy atom. The first-order valence-electron chi connectivity index (χ1n) is 6.02. The SMILES string of the molecule is O=C(OCc1cc2ccccc2o1)c1ccccc1. The molecule has 3 nitrogen and oxygen atoms in total. The third-order valence-corrected chi connectivity index (χ3v) is 2.83. The standard InChI is InChI=1S/C16H12O3/c17-16(12-6-2-1-3-7-12)18-11-14-10-13-8-4-5-9-15(13)19-14/h1-10H,11H2. The summed E-state index contributed by atoms with van der Waals surface area (Å²) in [5, 5.41) is 1.01. The third-order valence-electron chi connectivity index (χ3n) is 2.83. The second-order valence-electron chi connectivity index (χ2n) is 4.19. The van der Waals surface area contributed by atoms with Crippen molar-refractivity contribution in [1.29, 1.82) is 0 Å². The third kappa shape index (κ3) is 2.50. The minimum atomic E-state index is -0.346. The number of para-hydroxylation sites is 1. The maximum absolute atomic E-state index is 11.8. The van der Waals surface area contributed by atoms with Crippen molar-refractivity contribution >= 4 is 16.9 Å². The van der Waals surface area contributed by atoms with Crippen molar-refractivity contribution in [3.05, 3.63) is 72.0 Å². The molecule has 0 aliphatic carbocycles. The van der Waals surface area contributed by atoms with Gasteiger partial charge in [-0.3, -0.25) is 0 Å². The van der Waals surface area contributed by atoms with E-state index < -0.39 is 0 Å². The predicted octanol–water partition coefficient (Wildman–Crippen LogP) is 3.79. The van der Waals surface area contributed by atoms with E-state index in [1.807, 2.05) is 36.4 Å². The molecule has 3 aromatic rings. The first-order valence-corrected chi connectivity index (χ1v) is 6.02. The minimum absolute atomic E-state index is 0.141. The van der Waals surface area contributed by atoms with Crippen molar-refractivity contribution < 1.29 is 13.9 Å². The van der Waals surface area contributed by atoms with Crippen molar-refractivity contribution in [3.8, 4) is 0 Å². The van der Waals surface area contributed by atoms with E-state index in [1.54, 1.807) is 24.3 Å². The van der Waals surface area contributed by atoms with E-state index in [0.717, 1.165) is 11.0 Å². The molecular formula is C16H12O3. The number of hydrogen-bond donors (Lipinski definition) is 0. The molecule has 0 bridgehead atoms. The van der Waals surface area contributed by atoms with Gasteiger partial charge in [0, 0.05) is 5.39 Å². The lowest BCUT2D eigenvalue weighted by Gasteiger charge is -2.01. The Labute approximate surface area is 110 Å². The van der Waals surface area contributed by atoms with Crippen LogP contribution >= 0.6 is 0 Å². The summed E-state index contributed by atoms with van der Waals surface area (Å²) in [5.74, 6) is 0.298. The number of carbonyl (C=O) groups excluding carboxylic acids is 1. The van der Waals surface area contributed by atoms with Crippen molar-refractivity contribution in [2.75, 3.05) is 0 Å². The monoisotopic (exact) mass is 252 g/mol. The second-order valence-corrected chi connectivity index (χ2v) is 4.19. The van der Waals surface area contributed by atoms with Gasteiger partial charge in [0.2, 0.25) is 0 Å². The summed E-state index contributed by atoms with van der Waals surface area (Å²) in [6.45, 7) is 0.141. The van der Waals surface area contributed by atoms with Crippen molar-refractivity contribution in [3.63, 3.8) is 0 Å². The van der Waals surface area contributed by atoms with Gasteiger partial charge in [-0.15, -0.1) is 0 Å². The van der Waals surface area contributed by atoms with E-state index in [0.29, 0.717) is 11.3 Å². The van der Waals surface area contributed by atoms with Gasteiger partial charge in [0.05, 0.1) is 5.56 Å². The molecule has 1 aromatic heterocycles. The van der Waals surface area contributed by atoms with Crippen LogP contribution in [0, 0.1) is 0 Å². The summed E-state index contributed by atoms with van der Waals surface area (Å²) in [6.07, 6.45) is 0. The minimum Gasteiger partial charge on any atom is -0.457 e. The van der Waals surface area contributed by atoms with Crippen LogP contribution in [0.4, 0.5) is 0 Å². The van der Waals surface area contributed by atoms with Crippen LogP contribution in [0.5, 0.6) is 0 Å². The summed E-state index contributed by atoms with van der Waals surface area (Å²) in [4.78, 5) is 11.8. The van der Waals surface area contributed by atoms with Crippen LogP contribution in [0.3, 0.4) is 0 Å². The van der Waals surface area contributed by atoms with Gasteiger partial charge in [-0.05, 0) is 24.3 Å². The largest absolute Gasteiger partial charge is 0.457 e. The molecule has 2 aromatic carbocycles. The average Bonchev–Trinajstić information content (AvgIpc) is 2.88. The highest BCUT2D eigenvalue weighted by atomic mass is 16.5. The topological polar surface area (TPSA) is 39.4 Å². The zero-order chi connectivity index (χ0) is 13.1. The first kappa shape index (κ1) is 11.5. The maximum Gasteiger partial charge on any atom is 0.338 e. The number of esters is 1. The highest BCUT2D eigenvalue weighted by Crippen LogP contribution is 2.19. The fraction of sp³-hybridized carbons (Fsp3) is 0.0625. The molecule has 0 saturated carbocycles. The van der Waals surface area contributed by atoms with E-state index >= 15 is 0 Å². The molecule has 0 radical (unpaired) electrons. The van der Waals surface area contributed by atoms with Crippen LogP contribution < -0.4 is 0 Å². The summed E-state index contributed by atoms with van der Waals surface area (Å²) in [6, 6.07) is 18.5. The van der Waals surface area contributed by atoms with E-state index in [4.69, 9.17) is 9.15 Å². The number of rotatable bonds is 3. The van der Waals surface area contributed by atoms with Crippen LogP contribution in [0.25, 0.3) is 11.0 Å². The van der Waals surface area contributed by atoms with Gasteiger partial charge >= 0.3 is 5.97 Å². The van der Waals surface area contributed by atoms with E-state index in [2.05, 4.69) is 0 Å². The molecule has 0 saturated heterocycles. The molecule has 1 heterocycles. The quantitative estimate of drug-likeness (QED) is 0.666. The van der Waals surface area contributed by atoms with Crippen LogP contribution in [-0.4, -0.2) is 5.97 Å². The number of fused-ring (bicyclic) bond motifs is 1. The zero-order valence-electron chi connectivity index (χ0n) is 10.2. The predicted molar refractivity (Wildman–Crippen MR) is 71.8 cm³/mol. The van der Waals surface area contributed by atoms with E-state index in [9.17, 15) is 4.79 Å². The van der Waals surface area contributed by atoms with Crippen molar-refractivity contribution in [2.24, 2.45) is 0 Å². The van der Waals surface area contributed by atoms with Crippen LogP contribution in [0.1, 0.15) is 16.1 Å². The Kier molecular flexibility index (Phi) is 3.02. The molecule has 0 fully saturated rings. The summed E-state index contributed by atoms with van der Waals surface area (Å²) >= 11 is 0. The summed E-state index contributed by atoms with van der Waals surface area (Å²) < 4.78 is 10.8. The molecule has 19 heavy (non-hydrogen) atoms. The van der Waals surface area contributed by atoms with Crippen LogP contribution in [0.2, 0.25) is 0 Å². The van der Waals surface area contributed by atoms with Gasteiger partial charge in [-0.1, -0.05) is 36.4 Å². The zero-order valence-corrected chi connectivity index (χ0v) is 10.2. The highest BCUT2D eigenvalue weighted by Gasteiger charge is 2.08. The number of hydrogen-bond acceptors (Lipinski definition) is 3. The van der Waals surface area contributed by atoms with E-state index in [-0.39, 0.29) is 12.6 Å². The summed E-state index contributed by atoms with van der Waals surface area (Å²) in [5.41, 5.74) is 1.34. The number of ether oxygens (including phenoxy) is 1. The molecule has 0 atom stereocenters. The smallest absolute Gasteiger partial charge is 0.338 e. The van der Waals surface area contributed by atoms with Gasteiger partial charge in [-0.2, -0.15) is 0 Å². The van der Waals surface area contributed by atoms with Crippen molar-refractivity contribution in [1.82, 2.24) is 0 Å². The number of benzene rings is 2. The highest BCUT2D eigenvalue weighted by molar-refractivity contribution is 5.89. The Morgan fingerprint density at radius 3 is 2.53 bits per heavy atom. The molecule has 0 N–H and O–H groups in total. The molecule has 0 spiro atoms. The Morgan fingerprint density at radius 1 is 1.00 bits per heavy atom. The lowest BCUT2D eigenvalue weighted by Crippen LogP contribution is -2.04. The lowest BCUT2D eigenvalue weighted by atomic mass is 10.2. The number of furan rings is 1. The molecule has 3 heteroatoms. The normalized spacial score (nSPS) is 10.5. The summed E-state index contributed by atoms with van der Waals surface area (Å²) in [7, 11) is 0. The first-order chi connectivity index (χ1) is 9.33. The molecule has 0 unspecified atom stereocenters. The molecule has 0 aliphatic rings. The van der Waals surface area contributed by atoms with Gasteiger partial charge in [0.1, 0.15) is 18.0 Å². The van der Waals surface area contributed by atoms with Crippen molar-refractivity contribution in [2.45, 2.75) is 6.61 Å². The fourth-order valence-electron chi connectivity index (χ4n) is 1.90. The molecule has 94 valence electrons. The maximum atomic E-state index is 11.8. The second kappa shape index (κ2) is 4.98. The fourth-order valence-corrected chi connectivity index (χ4v) is 1.90. The molecule has 0 aliphatic heterocycles. The van der Waals surface area contributed by atoms with Gasteiger partial charge in [-0.25, -0.2) is 4.79 Å². The van der Waals surface area contributed by atoms with E-state index in [1.165, 1.54) is 0 Å². The van der Waals surface area contributed by atoms with Crippen LogP contribution in [-0.2, 0) is 11.3 Å². The van der Waals surface area contributed by atoms with Gasteiger partial charge < -0.3 is 9.15 Å². The molecule has 0 amide bonds. The average molecular weight is 252 g/mol. The number of carbonyl (C=O) groups is 1. The Hall–Kier alpha value is -2.55. The van der Waals surface area contributed by atoms with Gasteiger partial charge in [0.15, 0.2) is 0 Å².